The molecule has 2 aromatic carbocycles. The van der Waals surface area contributed by atoms with Crippen molar-refractivity contribution in [1.29, 1.82) is 0 Å². The molecule has 1 heterocycles. The molecular weight excluding hydrogens is 350 g/mol. The number of anilines is 1. The molecule has 2 unspecified atom stereocenters. The van der Waals surface area contributed by atoms with Crippen molar-refractivity contribution in [3.05, 3.63) is 65.2 Å². The first-order valence-corrected chi connectivity index (χ1v) is 10.0. The molecule has 28 heavy (non-hydrogen) atoms. The summed E-state index contributed by atoms with van der Waals surface area (Å²) in [6.45, 7) is 8.70. The van der Waals surface area contributed by atoms with E-state index in [-0.39, 0.29) is 23.8 Å². The van der Waals surface area contributed by atoms with E-state index in [0.717, 1.165) is 48.4 Å². The highest BCUT2D eigenvalue weighted by atomic mass is 16.2. The number of carbonyl (C=O) groups is 2. The Kier molecular flexibility index (Phi) is 6.47. The lowest BCUT2D eigenvalue weighted by Gasteiger charge is -2.33. The molecule has 0 bridgehead atoms. The van der Waals surface area contributed by atoms with Crippen LogP contribution < -0.4 is 10.6 Å². The van der Waals surface area contributed by atoms with Crippen LogP contribution in [0.15, 0.2) is 48.5 Å². The van der Waals surface area contributed by atoms with Gasteiger partial charge in [0.2, 0.25) is 11.8 Å². The fraction of sp³-hybridized carbons (Fsp3) is 0.391. The van der Waals surface area contributed by atoms with E-state index in [1.54, 1.807) is 0 Å². The van der Waals surface area contributed by atoms with Crippen LogP contribution >= 0.6 is 0 Å². The maximum absolute atomic E-state index is 13.0. The monoisotopic (exact) mass is 379 g/mol. The van der Waals surface area contributed by atoms with Crippen LogP contribution in [0.2, 0.25) is 0 Å². The molecule has 2 atom stereocenters. The van der Waals surface area contributed by atoms with Gasteiger partial charge in [0.15, 0.2) is 0 Å². The third-order valence-corrected chi connectivity index (χ3v) is 5.48. The summed E-state index contributed by atoms with van der Waals surface area (Å²) in [4.78, 5) is 26.5. The molecule has 0 saturated carbocycles. The van der Waals surface area contributed by atoms with E-state index in [1.807, 2.05) is 36.4 Å². The average Bonchev–Trinajstić information content (AvgIpc) is 2.70. The molecule has 5 nitrogen and oxygen atoms in total. The van der Waals surface area contributed by atoms with Gasteiger partial charge in [-0.2, -0.15) is 0 Å². The third kappa shape index (κ3) is 4.42. The van der Waals surface area contributed by atoms with Crippen LogP contribution in [-0.2, 0) is 9.59 Å². The van der Waals surface area contributed by atoms with Crippen molar-refractivity contribution in [3.8, 4) is 0 Å². The molecule has 3 rings (SSSR count). The number of fused-ring (bicyclic) bond motifs is 1. The zero-order valence-electron chi connectivity index (χ0n) is 16.9. The number of hydrogen-bond donors (Lipinski definition) is 2. The maximum Gasteiger partial charge on any atom is 0.228 e. The third-order valence-electron chi connectivity index (χ3n) is 5.48. The number of rotatable bonds is 7. The van der Waals surface area contributed by atoms with Gasteiger partial charge in [-0.05, 0) is 54.9 Å². The minimum Gasteiger partial charge on any atom is -0.345 e. The van der Waals surface area contributed by atoms with Crippen molar-refractivity contribution in [3.63, 3.8) is 0 Å². The number of nitrogens with one attached hydrogen (secondary N) is 2. The Bertz CT molecular complexity index is 828. The summed E-state index contributed by atoms with van der Waals surface area (Å²) < 4.78 is 0. The van der Waals surface area contributed by atoms with Gasteiger partial charge in [-0.3, -0.25) is 9.59 Å². The molecule has 0 spiro atoms. The van der Waals surface area contributed by atoms with Crippen LogP contribution in [0.5, 0.6) is 0 Å². The Morgan fingerprint density at radius 1 is 1.04 bits per heavy atom. The Morgan fingerprint density at radius 3 is 2.29 bits per heavy atom. The molecule has 2 aromatic rings. The summed E-state index contributed by atoms with van der Waals surface area (Å²) >= 11 is 0. The van der Waals surface area contributed by atoms with Crippen LogP contribution in [0.3, 0.4) is 0 Å². The minimum atomic E-state index is -0.167. The Balaban J connectivity index is 1.85. The predicted molar refractivity (Wildman–Crippen MR) is 112 cm³/mol. The second-order valence-corrected chi connectivity index (χ2v) is 7.24. The first kappa shape index (κ1) is 20.1. The lowest BCUT2D eigenvalue weighted by molar-refractivity contribution is -0.124. The quantitative estimate of drug-likeness (QED) is 0.771. The lowest BCUT2D eigenvalue weighted by Crippen LogP contribution is -2.40. The van der Waals surface area contributed by atoms with Gasteiger partial charge in [0.05, 0.1) is 12.0 Å². The van der Waals surface area contributed by atoms with E-state index in [0.29, 0.717) is 0 Å². The van der Waals surface area contributed by atoms with Gasteiger partial charge < -0.3 is 15.5 Å². The summed E-state index contributed by atoms with van der Waals surface area (Å²) in [5.74, 6) is -0.131. The molecule has 2 N–H and O–H groups in total. The van der Waals surface area contributed by atoms with E-state index in [4.69, 9.17) is 0 Å². The second-order valence-electron chi connectivity index (χ2n) is 7.24. The predicted octanol–water partition coefficient (Wildman–Crippen LogP) is 3.68. The van der Waals surface area contributed by atoms with Gasteiger partial charge in [-0.25, -0.2) is 0 Å². The van der Waals surface area contributed by atoms with Gasteiger partial charge in [0.25, 0.3) is 0 Å². The molecule has 148 valence electrons. The molecule has 0 aromatic heterocycles. The SMILES string of the molecule is CCN(CC)CCC1C(=O)NC(c2ccc(NC(C)=O)cc2)c2ccccc21. The minimum absolute atomic E-state index is 0.0850. The zero-order chi connectivity index (χ0) is 20.1. The van der Waals surface area contributed by atoms with E-state index >= 15 is 0 Å². The molecule has 1 aliphatic rings. The molecule has 1 aliphatic heterocycles. The molecule has 0 radical (unpaired) electrons. The maximum atomic E-state index is 13.0. The van der Waals surface area contributed by atoms with Gasteiger partial charge in [-0.15, -0.1) is 0 Å². The smallest absolute Gasteiger partial charge is 0.228 e. The molecular formula is C23H29N3O2. The number of nitrogens with zero attached hydrogens (tertiary/aromatic N) is 1. The Hall–Kier alpha value is -2.66. The highest BCUT2D eigenvalue weighted by Gasteiger charge is 2.33. The fourth-order valence-corrected chi connectivity index (χ4v) is 3.92. The van der Waals surface area contributed by atoms with Gasteiger partial charge in [-0.1, -0.05) is 50.2 Å². The molecule has 0 fully saturated rings. The summed E-state index contributed by atoms with van der Waals surface area (Å²) in [7, 11) is 0. The summed E-state index contributed by atoms with van der Waals surface area (Å²) in [5, 5.41) is 5.99. The molecule has 5 heteroatoms. The highest BCUT2D eigenvalue weighted by molar-refractivity contribution is 5.89. The van der Waals surface area contributed by atoms with Crippen molar-refractivity contribution in [2.24, 2.45) is 0 Å². The van der Waals surface area contributed by atoms with Gasteiger partial charge >= 0.3 is 0 Å². The first-order valence-electron chi connectivity index (χ1n) is 10.0. The lowest BCUT2D eigenvalue weighted by atomic mass is 9.82. The van der Waals surface area contributed by atoms with Gasteiger partial charge in [0.1, 0.15) is 0 Å². The van der Waals surface area contributed by atoms with Crippen molar-refractivity contribution in [2.75, 3.05) is 25.0 Å². The van der Waals surface area contributed by atoms with Crippen LogP contribution in [0.1, 0.15) is 55.8 Å². The van der Waals surface area contributed by atoms with E-state index in [2.05, 4.69) is 41.5 Å². The van der Waals surface area contributed by atoms with E-state index < -0.39 is 0 Å². The van der Waals surface area contributed by atoms with Crippen molar-refractivity contribution < 1.29 is 9.59 Å². The molecule has 2 amide bonds. The van der Waals surface area contributed by atoms with Crippen LogP contribution in [0.4, 0.5) is 5.69 Å². The van der Waals surface area contributed by atoms with Crippen molar-refractivity contribution in [2.45, 2.75) is 39.2 Å². The van der Waals surface area contributed by atoms with Crippen LogP contribution in [-0.4, -0.2) is 36.3 Å². The normalized spacial score (nSPS) is 18.5. The van der Waals surface area contributed by atoms with Crippen LogP contribution in [0, 0.1) is 0 Å². The number of amides is 2. The van der Waals surface area contributed by atoms with Crippen molar-refractivity contribution in [1.82, 2.24) is 10.2 Å². The average molecular weight is 380 g/mol. The number of hydrogen-bond acceptors (Lipinski definition) is 3. The fourth-order valence-electron chi connectivity index (χ4n) is 3.92. The summed E-state index contributed by atoms with van der Waals surface area (Å²) in [6, 6.07) is 15.7. The number of carbonyl (C=O) groups excluding carboxylic acids is 2. The molecule has 0 saturated heterocycles. The highest BCUT2D eigenvalue weighted by Crippen LogP contribution is 2.36. The summed E-state index contributed by atoms with van der Waals surface area (Å²) in [5.41, 5.74) is 4.04. The van der Waals surface area contributed by atoms with Crippen LogP contribution in [0.25, 0.3) is 0 Å². The Labute approximate surface area is 167 Å². The second kappa shape index (κ2) is 9.02. The topological polar surface area (TPSA) is 61.4 Å². The summed E-state index contributed by atoms with van der Waals surface area (Å²) in [6.07, 6.45) is 0.818. The van der Waals surface area contributed by atoms with Gasteiger partial charge in [0, 0.05) is 12.6 Å². The first-order chi connectivity index (χ1) is 13.5. The van der Waals surface area contributed by atoms with E-state index in [1.165, 1.54) is 6.92 Å². The Morgan fingerprint density at radius 2 is 1.68 bits per heavy atom. The standard InChI is InChI=1S/C23H29N3O2/c1-4-26(5-2)15-14-21-19-8-6-7-9-20(19)22(25-23(21)28)17-10-12-18(13-11-17)24-16(3)27/h6-13,21-22H,4-5,14-15H2,1-3H3,(H,24,27)(H,25,28). The van der Waals surface area contributed by atoms with Crippen molar-refractivity contribution >= 4 is 17.5 Å². The molecule has 0 aliphatic carbocycles. The number of benzene rings is 2. The zero-order valence-corrected chi connectivity index (χ0v) is 16.9. The largest absolute Gasteiger partial charge is 0.345 e. The van der Waals surface area contributed by atoms with E-state index in [9.17, 15) is 9.59 Å².